The minimum absolute atomic E-state index is 0.397. The van der Waals surface area contributed by atoms with Gasteiger partial charge in [0.05, 0.1) is 0 Å². The topological polar surface area (TPSA) is 32.3 Å². The maximum Gasteiger partial charge on any atom is 0.0462 e. The summed E-state index contributed by atoms with van der Waals surface area (Å²) >= 11 is 0. The second kappa shape index (κ2) is 6.75. The Kier molecular flexibility index (Phi) is 5.30. The Bertz CT molecular complexity index is 211. The minimum Gasteiger partial charge on any atom is -0.396 e. The Morgan fingerprint density at radius 2 is 1.59 bits per heavy atom. The molecule has 2 nitrogen and oxygen atoms in total. The van der Waals surface area contributed by atoms with Gasteiger partial charge in [0.1, 0.15) is 0 Å². The van der Waals surface area contributed by atoms with Crippen molar-refractivity contribution in [2.45, 2.75) is 64.3 Å². The first-order chi connectivity index (χ1) is 8.29. The molecule has 2 fully saturated rings. The van der Waals surface area contributed by atoms with Crippen LogP contribution in [-0.2, 0) is 0 Å². The monoisotopic (exact) mass is 239 g/mol. The summed E-state index contributed by atoms with van der Waals surface area (Å²) in [6.45, 7) is 3.91. The Hall–Kier alpha value is -0.0800. The summed E-state index contributed by atoms with van der Waals surface area (Å²) in [6, 6.07) is 0.757. The molecule has 0 aromatic carbocycles. The lowest BCUT2D eigenvalue weighted by atomic mass is 9.79. The van der Waals surface area contributed by atoms with Crippen molar-refractivity contribution in [2.75, 3.05) is 13.2 Å². The summed E-state index contributed by atoms with van der Waals surface area (Å²) in [6.07, 6.45) is 10.8. The lowest BCUT2D eigenvalue weighted by Gasteiger charge is -2.33. The molecule has 0 saturated heterocycles. The Labute approximate surface area is 106 Å². The van der Waals surface area contributed by atoms with Gasteiger partial charge < -0.3 is 10.4 Å². The molecule has 17 heavy (non-hydrogen) atoms. The fraction of sp³-hybridized carbons (Fsp3) is 1.00. The summed E-state index contributed by atoms with van der Waals surface area (Å²) in [5.41, 5.74) is 0. The average molecular weight is 239 g/mol. The van der Waals surface area contributed by atoms with Gasteiger partial charge in [-0.2, -0.15) is 0 Å². The molecule has 0 aromatic heterocycles. The molecule has 2 saturated carbocycles. The van der Waals surface area contributed by atoms with Gasteiger partial charge in [-0.1, -0.05) is 19.8 Å². The van der Waals surface area contributed by atoms with Crippen molar-refractivity contribution in [3.63, 3.8) is 0 Å². The van der Waals surface area contributed by atoms with Crippen molar-refractivity contribution < 1.29 is 5.11 Å². The van der Waals surface area contributed by atoms with Crippen LogP contribution >= 0.6 is 0 Å². The molecule has 0 spiro atoms. The molecule has 0 aromatic rings. The van der Waals surface area contributed by atoms with E-state index in [1.165, 1.54) is 51.4 Å². The van der Waals surface area contributed by atoms with E-state index in [0.717, 1.165) is 24.4 Å². The molecule has 2 aliphatic rings. The van der Waals surface area contributed by atoms with Crippen LogP contribution in [0.5, 0.6) is 0 Å². The molecule has 2 atom stereocenters. The maximum absolute atomic E-state index is 9.41. The Morgan fingerprint density at radius 3 is 2.24 bits per heavy atom. The lowest BCUT2D eigenvalue weighted by Crippen LogP contribution is -2.39. The summed E-state index contributed by atoms with van der Waals surface area (Å²) in [7, 11) is 0. The quantitative estimate of drug-likeness (QED) is 0.790. The number of aliphatic hydroxyl groups excluding tert-OH is 1. The number of nitrogens with one attached hydrogen (secondary N) is 1. The molecule has 2 N–H and O–H groups in total. The van der Waals surface area contributed by atoms with Gasteiger partial charge in [0, 0.05) is 12.6 Å². The lowest BCUT2D eigenvalue weighted by molar-refractivity contribution is 0.128. The Balaban J connectivity index is 1.69. The number of hydrogen-bond acceptors (Lipinski definition) is 2. The maximum atomic E-state index is 9.41. The van der Waals surface area contributed by atoms with Crippen LogP contribution in [0.25, 0.3) is 0 Å². The molecule has 0 aliphatic heterocycles. The zero-order valence-corrected chi connectivity index (χ0v) is 11.3. The van der Waals surface area contributed by atoms with Gasteiger partial charge in [-0.05, 0) is 62.8 Å². The van der Waals surface area contributed by atoms with Crippen LogP contribution in [0.3, 0.4) is 0 Å². The predicted molar refractivity (Wildman–Crippen MR) is 72.0 cm³/mol. The minimum atomic E-state index is 0.397. The van der Waals surface area contributed by atoms with Gasteiger partial charge in [0.25, 0.3) is 0 Å². The second-order valence-electron chi connectivity index (χ2n) is 6.35. The van der Waals surface area contributed by atoms with Crippen molar-refractivity contribution >= 4 is 0 Å². The van der Waals surface area contributed by atoms with Gasteiger partial charge in [0.2, 0.25) is 0 Å². The molecule has 0 amide bonds. The molecule has 2 heteroatoms. The highest BCUT2D eigenvalue weighted by molar-refractivity contribution is 4.80. The van der Waals surface area contributed by atoms with Crippen LogP contribution in [0.1, 0.15) is 58.3 Å². The fourth-order valence-electron chi connectivity index (χ4n) is 3.58. The smallest absolute Gasteiger partial charge is 0.0462 e. The zero-order chi connectivity index (χ0) is 12.1. The number of aliphatic hydroxyl groups is 1. The van der Waals surface area contributed by atoms with Gasteiger partial charge in [-0.25, -0.2) is 0 Å². The third-order valence-corrected chi connectivity index (χ3v) is 4.99. The normalized spacial score (nSPS) is 39.2. The van der Waals surface area contributed by atoms with Crippen molar-refractivity contribution in [3.05, 3.63) is 0 Å². The largest absolute Gasteiger partial charge is 0.396 e. The molecule has 100 valence electrons. The summed E-state index contributed by atoms with van der Waals surface area (Å²) in [5.74, 6) is 2.24. The molecular weight excluding hydrogens is 210 g/mol. The van der Waals surface area contributed by atoms with Gasteiger partial charge in [-0.15, -0.1) is 0 Å². The number of rotatable bonds is 4. The van der Waals surface area contributed by atoms with E-state index in [9.17, 15) is 5.11 Å². The zero-order valence-electron chi connectivity index (χ0n) is 11.3. The van der Waals surface area contributed by atoms with Crippen molar-refractivity contribution in [1.29, 1.82) is 0 Å². The summed E-state index contributed by atoms with van der Waals surface area (Å²) in [4.78, 5) is 0. The van der Waals surface area contributed by atoms with Crippen LogP contribution in [0.4, 0.5) is 0 Å². The van der Waals surface area contributed by atoms with E-state index in [1.54, 1.807) is 0 Å². The van der Waals surface area contributed by atoms with E-state index in [-0.39, 0.29) is 0 Å². The molecule has 0 heterocycles. The molecular formula is C15H29NO. The molecule has 2 rings (SSSR count). The highest BCUT2D eigenvalue weighted by atomic mass is 16.3. The van der Waals surface area contributed by atoms with Crippen LogP contribution in [0, 0.1) is 17.8 Å². The third-order valence-electron chi connectivity index (χ3n) is 4.99. The molecule has 2 unspecified atom stereocenters. The summed E-state index contributed by atoms with van der Waals surface area (Å²) in [5, 5.41) is 13.2. The van der Waals surface area contributed by atoms with E-state index in [2.05, 4.69) is 12.2 Å². The first kappa shape index (κ1) is 13.4. The van der Waals surface area contributed by atoms with Crippen LogP contribution in [0.2, 0.25) is 0 Å². The molecule has 0 radical (unpaired) electrons. The van der Waals surface area contributed by atoms with E-state index < -0.39 is 0 Å². The van der Waals surface area contributed by atoms with Crippen LogP contribution in [0.15, 0.2) is 0 Å². The first-order valence-electron chi connectivity index (χ1n) is 7.64. The molecule has 0 bridgehead atoms. The van der Waals surface area contributed by atoms with Crippen molar-refractivity contribution in [2.24, 2.45) is 17.8 Å². The fourth-order valence-corrected chi connectivity index (χ4v) is 3.58. The van der Waals surface area contributed by atoms with E-state index >= 15 is 0 Å². The van der Waals surface area contributed by atoms with Gasteiger partial charge in [0.15, 0.2) is 0 Å². The van der Waals surface area contributed by atoms with E-state index in [4.69, 9.17) is 0 Å². The van der Waals surface area contributed by atoms with Crippen molar-refractivity contribution in [1.82, 2.24) is 5.32 Å². The van der Waals surface area contributed by atoms with Crippen LogP contribution in [-0.4, -0.2) is 24.3 Å². The van der Waals surface area contributed by atoms with Gasteiger partial charge >= 0.3 is 0 Å². The van der Waals surface area contributed by atoms with Crippen molar-refractivity contribution in [3.8, 4) is 0 Å². The first-order valence-corrected chi connectivity index (χ1v) is 7.64. The molecule has 2 aliphatic carbocycles. The third kappa shape index (κ3) is 3.96. The standard InChI is InChI=1S/C15H29NO/c1-12-6-8-15(9-7-12)16-10-13-4-2-3-5-14(13)11-17/h12-17H,2-11H2,1H3. The van der Waals surface area contributed by atoms with E-state index in [1.807, 2.05) is 0 Å². The SMILES string of the molecule is CC1CCC(NCC2CCCCC2CO)CC1. The van der Waals surface area contributed by atoms with Gasteiger partial charge in [-0.3, -0.25) is 0 Å². The summed E-state index contributed by atoms with van der Waals surface area (Å²) < 4.78 is 0. The average Bonchev–Trinajstić information content (AvgIpc) is 2.38. The Morgan fingerprint density at radius 1 is 0.941 bits per heavy atom. The highest BCUT2D eigenvalue weighted by Gasteiger charge is 2.25. The second-order valence-corrected chi connectivity index (χ2v) is 6.35. The van der Waals surface area contributed by atoms with Crippen LogP contribution < -0.4 is 5.32 Å². The predicted octanol–water partition coefficient (Wildman–Crippen LogP) is 2.95. The van der Waals surface area contributed by atoms with E-state index in [0.29, 0.717) is 12.5 Å². The highest BCUT2D eigenvalue weighted by Crippen LogP contribution is 2.30. The number of hydrogen-bond donors (Lipinski definition) is 2.